The van der Waals surface area contributed by atoms with E-state index in [0.29, 0.717) is 5.92 Å². The summed E-state index contributed by atoms with van der Waals surface area (Å²) in [7, 11) is 0. The fourth-order valence-corrected chi connectivity index (χ4v) is 1.69. The molecule has 0 aliphatic heterocycles. The van der Waals surface area contributed by atoms with E-state index in [1.54, 1.807) is 12.1 Å². The van der Waals surface area contributed by atoms with Gasteiger partial charge < -0.3 is 5.73 Å². The van der Waals surface area contributed by atoms with E-state index in [4.69, 9.17) is 5.73 Å². The number of halogens is 4. The lowest BCUT2D eigenvalue weighted by Gasteiger charge is -2.23. The highest BCUT2D eigenvalue weighted by Gasteiger charge is 2.47. The molecular formula is C13H17F4N. The molecule has 0 aliphatic carbocycles. The van der Waals surface area contributed by atoms with Gasteiger partial charge in [-0.1, -0.05) is 38.1 Å². The number of hydrogen-bond acceptors (Lipinski definition) is 1. The van der Waals surface area contributed by atoms with Crippen LogP contribution in [0.25, 0.3) is 0 Å². The van der Waals surface area contributed by atoms with E-state index in [9.17, 15) is 17.6 Å². The summed E-state index contributed by atoms with van der Waals surface area (Å²) < 4.78 is 50.5. The summed E-state index contributed by atoms with van der Waals surface area (Å²) in [4.78, 5) is 0. The van der Waals surface area contributed by atoms with E-state index in [2.05, 4.69) is 0 Å². The zero-order valence-corrected chi connectivity index (χ0v) is 10.3. The molecule has 0 saturated heterocycles. The first-order valence-electron chi connectivity index (χ1n) is 5.75. The van der Waals surface area contributed by atoms with Crippen molar-refractivity contribution in [2.24, 2.45) is 11.7 Å². The van der Waals surface area contributed by atoms with Crippen molar-refractivity contribution in [2.75, 3.05) is 0 Å². The molecule has 0 fully saturated rings. The Bertz CT molecular complexity index is 373. The summed E-state index contributed by atoms with van der Waals surface area (Å²) in [6, 6.07) is 4.09. The highest BCUT2D eigenvalue weighted by atomic mass is 19.3. The van der Waals surface area contributed by atoms with Crippen molar-refractivity contribution in [2.45, 2.75) is 38.7 Å². The molecular weight excluding hydrogens is 246 g/mol. The Labute approximate surface area is 104 Å². The fraction of sp³-hybridized carbons (Fsp3) is 0.538. The van der Waals surface area contributed by atoms with Gasteiger partial charge in [-0.15, -0.1) is 0 Å². The maximum atomic E-state index is 13.1. The molecule has 0 spiro atoms. The van der Waals surface area contributed by atoms with Gasteiger partial charge in [-0.3, -0.25) is 0 Å². The highest BCUT2D eigenvalue weighted by Crippen LogP contribution is 2.34. The van der Waals surface area contributed by atoms with Gasteiger partial charge in [0.2, 0.25) is 0 Å². The van der Waals surface area contributed by atoms with Crippen LogP contribution < -0.4 is 5.73 Å². The van der Waals surface area contributed by atoms with Crippen LogP contribution in [0.1, 0.15) is 31.0 Å². The van der Waals surface area contributed by atoms with Crippen molar-refractivity contribution in [3.05, 3.63) is 35.4 Å². The molecule has 1 atom stereocenters. The van der Waals surface area contributed by atoms with Crippen LogP contribution in [-0.2, 0) is 6.42 Å². The molecule has 0 bridgehead atoms. The molecule has 0 aromatic heterocycles. The van der Waals surface area contributed by atoms with Gasteiger partial charge in [-0.25, -0.2) is 8.78 Å². The van der Waals surface area contributed by atoms with Crippen molar-refractivity contribution < 1.29 is 17.6 Å². The van der Waals surface area contributed by atoms with Gasteiger partial charge in [-0.2, -0.15) is 8.78 Å². The van der Waals surface area contributed by atoms with Crippen LogP contribution in [0.3, 0.4) is 0 Å². The Morgan fingerprint density at radius 3 is 2.00 bits per heavy atom. The third-order valence-electron chi connectivity index (χ3n) is 2.69. The van der Waals surface area contributed by atoms with Gasteiger partial charge in [0.25, 0.3) is 0 Å². The molecule has 1 aromatic carbocycles. The average Bonchev–Trinajstić information content (AvgIpc) is 2.28. The Kier molecular flexibility index (Phi) is 4.73. The van der Waals surface area contributed by atoms with Gasteiger partial charge in [0.1, 0.15) is 6.04 Å². The molecule has 0 amide bonds. The minimum absolute atomic E-state index is 0.0211. The lowest BCUT2D eigenvalue weighted by Crippen LogP contribution is -2.39. The molecule has 5 heteroatoms. The maximum Gasteiger partial charge on any atom is 0.326 e. The Hall–Kier alpha value is -1.10. The van der Waals surface area contributed by atoms with Crippen LogP contribution in [0, 0.1) is 5.92 Å². The van der Waals surface area contributed by atoms with Crippen LogP contribution in [0.4, 0.5) is 17.6 Å². The normalized spacial score (nSPS) is 14.3. The molecule has 1 nitrogen and oxygen atoms in total. The fourth-order valence-electron chi connectivity index (χ4n) is 1.69. The number of alkyl halides is 4. The molecule has 0 heterocycles. The van der Waals surface area contributed by atoms with Gasteiger partial charge >= 0.3 is 12.3 Å². The summed E-state index contributed by atoms with van der Waals surface area (Å²) >= 11 is 0. The van der Waals surface area contributed by atoms with Gasteiger partial charge in [0.15, 0.2) is 0 Å². The number of benzene rings is 1. The molecule has 102 valence electrons. The number of hydrogen-bond donors (Lipinski definition) is 1. The first kappa shape index (κ1) is 15.0. The zero-order valence-electron chi connectivity index (χ0n) is 10.3. The highest BCUT2D eigenvalue weighted by molar-refractivity contribution is 5.26. The van der Waals surface area contributed by atoms with Crippen molar-refractivity contribution in [3.8, 4) is 0 Å². The molecule has 18 heavy (non-hydrogen) atoms. The largest absolute Gasteiger partial charge is 0.326 e. The molecule has 2 N–H and O–H groups in total. The van der Waals surface area contributed by atoms with E-state index >= 15 is 0 Å². The SMILES string of the molecule is CC(C)Cc1ccc(C(N)C(F)(F)C(F)F)cc1. The van der Waals surface area contributed by atoms with E-state index < -0.39 is 18.4 Å². The standard InChI is InChI=1S/C13H17F4N/c1-8(2)7-9-3-5-10(6-4-9)11(18)13(16,17)12(14)15/h3-6,8,11-12H,7,18H2,1-2H3. The van der Waals surface area contributed by atoms with Crippen LogP contribution >= 0.6 is 0 Å². The monoisotopic (exact) mass is 263 g/mol. The van der Waals surface area contributed by atoms with Gasteiger partial charge in [-0.05, 0) is 23.5 Å². The van der Waals surface area contributed by atoms with Crippen molar-refractivity contribution in [1.29, 1.82) is 0 Å². The summed E-state index contributed by atoms with van der Waals surface area (Å²) in [6.07, 6.45) is -2.95. The Morgan fingerprint density at radius 1 is 1.11 bits per heavy atom. The van der Waals surface area contributed by atoms with Gasteiger partial charge in [0.05, 0.1) is 0 Å². The second-order valence-electron chi connectivity index (χ2n) is 4.79. The second-order valence-corrected chi connectivity index (χ2v) is 4.79. The van der Waals surface area contributed by atoms with Crippen LogP contribution in [0.15, 0.2) is 24.3 Å². The van der Waals surface area contributed by atoms with Gasteiger partial charge in [0, 0.05) is 0 Å². The lowest BCUT2D eigenvalue weighted by atomic mass is 9.97. The number of rotatable bonds is 5. The Morgan fingerprint density at radius 2 is 1.61 bits per heavy atom. The van der Waals surface area contributed by atoms with Crippen LogP contribution in [-0.4, -0.2) is 12.3 Å². The first-order chi connectivity index (χ1) is 8.25. The minimum Gasteiger partial charge on any atom is -0.319 e. The van der Waals surface area contributed by atoms with Crippen LogP contribution in [0.2, 0.25) is 0 Å². The second kappa shape index (κ2) is 5.69. The molecule has 0 saturated carbocycles. The summed E-state index contributed by atoms with van der Waals surface area (Å²) in [6.45, 7) is 4.06. The smallest absolute Gasteiger partial charge is 0.319 e. The average molecular weight is 263 g/mol. The van der Waals surface area contributed by atoms with Crippen molar-refractivity contribution in [1.82, 2.24) is 0 Å². The summed E-state index contributed by atoms with van der Waals surface area (Å²) in [5.41, 5.74) is 6.19. The first-order valence-corrected chi connectivity index (χ1v) is 5.75. The predicted octanol–water partition coefficient (Wildman–Crippen LogP) is 3.79. The van der Waals surface area contributed by atoms with Crippen molar-refractivity contribution >= 4 is 0 Å². The predicted molar refractivity (Wildman–Crippen MR) is 62.9 cm³/mol. The molecule has 0 aliphatic rings. The Balaban J connectivity index is 2.85. The number of nitrogens with two attached hydrogens (primary N) is 1. The van der Waals surface area contributed by atoms with Crippen molar-refractivity contribution in [3.63, 3.8) is 0 Å². The third kappa shape index (κ3) is 3.45. The minimum atomic E-state index is -4.21. The molecule has 1 rings (SSSR count). The quantitative estimate of drug-likeness (QED) is 0.804. The molecule has 1 aromatic rings. The summed E-state index contributed by atoms with van der Waals surface area (Å²) in [5, 5.41) is 0. The molecule has 0 radical (unpaired) electrons. The van der Waals surface area contributed by atoms with E-state index in [-0.39, 0.29) is 5.56 Å². The van der Waals surface area contributed by atoms with E-state index in [1.165, 1.54) is 12.1 Å². The van der Waals surface area contributed by atoms with E-state index in [0.717, 1.165) is 12.0 Å². The molecule has 1 unspecified atom stereocenters. The maximum absolute atomic E-state index is 13.1. The van der Waals surface area contributed by atoms with Crippen LogP contribution in [0.5, 0.6) is 0 Å². The third-order valence-corrected chi connectivity index (χ3v) is 2.69. The zero-order chi connectivity index (χ0) is 13.9. The lowest BCUT2D eigenvalue weighted by molar-refractivity contribution is -0.144. The summed E-state index contributed by atoms with van der Waals surface area (Å²) in [5.74, 6) is -3.77. The van der Waals surface area contributed by atoms with E-state index in [1.807, 2.05) is 13.8 Å². The topological polar surface area (TPSA) is 26.0 Å².